The number of aromatic amines is 1. The summed E-state index contributed by atoms with van der Waals surface area (Å²) in [6.07, 6.45) is 2.27. The third-order valence-corrected chi connectivity index (χ3v) is 3.62. The van der Waals surface area contributed by atoms with Crippen molar-refractivity contribution in [1.82, 2.24) is 4.98 Å². The Morgan fingerprint density at radius 3 is 2.85 bits per heavy atom. The largest absolute Gasteiger partial charge is 0.507 e. The molecule has 0 aliphatic carbocycles. The molecular formula is C16H15NO3. The molecule has 4 nitrogen and oxygen atoms in total. The summed E-state index contributed by atoms with van der Waals surface area (Å²) >= 11 is 0. The highest BCUT2D eigenvalue weighted by Crippen LogP contribution is 2.31. The number of hydrogen-bond acceptors (Lipinski definition) is 3. The lowest BCUT2D eigenvalue weighted by molar-refractivity contribution is 0.463. The van der Waals surface area contributed by atoms with Crippen LogP contribution < -0.4 is 5.56 Å². The number of H-pyrrole nitrogens is 1. The Labute approximate surface area is 115 Å². The van der Waals surface area contributed by atoms with E-state index in [4.69, 9.17) is 4.42 Å². The molecule has 102 valence electrons. The number of pyridine rings is 1. The third kappa shape index (κ3) is 1.81. The summed E-state index contributed by atoms with van der Waals surface area (Å²) in [5, 5.41) is 11.1. The molecule has 0 radical (unpaired) electrons. The number of aromatic nitrogens is 1. The molecule has 0 aliphatic rings. The van der Waals surface area contributed by atoms with Gasteiger partial charge in [-0.05, 0) is 43.2 Å². The van der Waals surface area contributed by atoms with Gasteiger partial charge in [-0.3, -0.25) is 4.79 Å². The molecule has 0 aliphatic heterocycles. The Morgan fingerprint density at radius 1 is 1.30 bits per heavy atom. The molecule has 3 aromatic rings. The van der Waals surface area contributed by atoms with Gasteiger partial charge in [0.05, 0.1) is 17.5 Å². The number of aromatic hydroxyl groups is 1. The fourth-order valence-corrected chi connectivity index (χ4v) is 2.45. The SMILES string of the molecule is CCc1c(-c2ccc3occc3c2)[nH]c(=O)c(C)c1O. The highest BCUT2D eigenvalue weighted by molar-refractivity contribution is 5.83. The first-order chi connectivity index (χ1) is 9.61. The minimum Gasteiger partial charge on any atom is -0.507 e. The van der Waals surface area contributed by atoms with Gasteiger partial charge in [0.25, 0.3) is 5.56 Å². The average Bonchev–Trinajstić information content (AvgIpc) is 2.91. The molecule has 0 fully saturated rings. The minimum absolute atomic E-state index is 0.0820. The number of rotatable bonds is 2. The van der Waals surface area contributed by atoms with E-state index in [1.807, 2.05) is 31.2 Å². The fourth-order valence-electron chi connectivity index (χ4n) is 2.45. The van der Waals surface area contributed by atoms with E-state index < -0.39 is 0 Å². The maximum Gasteiger partial charge on any atom is 0.255 e. The Hall–Kier alpha value is -2.49. The first-order valence-corrected chi connectivity index (χ1v) is 6.54. The molecule has 0 saturated carbocycles. The normalized spacial score (nSPS) is 11.1. The molecule has 2 aromatic heterocycles. The number of nitrogens with one attached hydrogen (secondary N) is 1. The van der Waals surface area contributed by atoms with Crippen LogP contribution in [0.1, 0.15) is 18.1 Å². The molecule has 0 atom stereocenters. The van der Waals surface area contributed by atoms with Gasteiger partial charge in [-0.25, -0.2) is 0 Å². The van der Waals surface area contributed by atoms with Gasteiger partial charge in [0.1, 0.15) is 11.3 Å². The second-order valence-corrected chi connectivity index (χ2v) is 4.81. The summed E-state index contributed by atoms with van der Waals surface area (Å²) in [6, 6.07) is 7.55. The van der Waals surface area contributed by atoms with Crippen molar-refractivity contribution in [3.05, 3.63) is 52.0 Å². The van der Waals surface area contributed by atoms with Crippen LogP contribution in [0.4, 0.5) is 0 Å². The lowest BCUT2D eigenvalue weighted by atomic mass is 10.0. The standard InChI is InChI=1S/C16H15NO3/c1-3-12-14(17-16(19)9(2)15(12)18)11-4-5-13-10(8-11)6-7-20-13/h4-8H,3H2,1-2H3,(H2,17,18,19). The van der Waals surface area contributed by atoms with Gasteiger partial charge >= 0.3 is 0 Å². The summed E-state index contributed by atoms with van der Waals surface area (Å²) < 4.78 is 5.31. The quantitative estimate of drug-likeness (QED) is 0.749. The van der Waals surface area contributed by atoms with E-state index in [2.05, 4.69) is 4.98 Å². The lowest BCUT2D eigenvalue weighted by Gasteiger charge is -2.11. The zero-order chi connectivity index (χ0) is 14.3. The molecular weight excluding hydrogens is 254 g/mol. The van der Waals surface area contributed by atoms with Crippen molar-refractivity contribution in [2.45, 2.75) is 20.3 Å². The smallest absolute Gasteiger partial charge is 0.255 e. The van der Waals surface area contributed by atoms with Crippen LogP contribution >= 0.6 is 0 Å². The Balaban J connectivity index is 2.30. The van der Waals surface area contributed by atoms with E-state index in [9.17, 15) is 9.90 Å². The van der Waals surface area contributed by atoms with Crippen molar-refractivity contribution < 1.29 is 9.52 Å². The third-order valence-electron chi connectivity index (χ3n) is 3.62. The van der Waals surface area contributed by atoms with E-state index in [-0.39, 0.29) is 11.3 Å². The number of furan rings is 1. The minimum atomic E-state index is -0.262. The maximum atomic E-state index is 11.9. The second-order valence-electron chi connectivity index (χ2n) is 4.81. The molecule has 20 heavy (non-hydrogen) atoms. The highest BCUT2D eigenvalue weighted by Gasteiger charge is 2.14. The summed E-state index contributed by atoms with van der Waals surface area (Å²) in [7, 11) is 0. The summed E-state index contributed by atoms with van der Waals surface area (Å²) in [5.74, 6) is 0.0820. The van der Waals surface area contributed by atoms with Crippen LogP contribution in [-0.2, 0) is 6.42 Å². The van der Waals surface area contributed by atoms with Crippen LogP contribution in [0.5, 0.6) is 5.75 Å². The topological polar surface area (TPSA) is 66.2 Å². The molecule has 0 spiro atoms. The first kappa shape index (κ1) is 12.5. The Morgan fingerprint density at radius 2 is 2.10 bits per heavy atom. The van der Waals surface area contributed by atoms with Crippen LogP contribution in [0.15, 0.2) is 39.7 Å². The zero-order valence-corrected chi connectivity index (χ0v) is 11.4. The van der Waals surface area contributed by atoms with Crippen molar-refractivity contribution >= 4 is 11.0 Å². The van der Waals surface area contributed by atoms with Crippen LogP contribution in [0.2, 0.25) is 0 Å². The van der Waals surface area contributed by atoms with Crippen LogP contribution in [-0.4, -0.2) is 10.1 Å². The maximum absolute atomic E-state index is 11.9. The fraction of sp³-hybridized carbons (Fsp3) is 0.188. The molecule has 3 rings (SSSR count). The molecule has 4 heteroatoms. The van der Waals surface area contributed by atoms with Crippen LogP contribution in [0, 0.1) is 6.92 Å². The van der Waals surface area contributed by atoms with Gasteiger partial charge in [0.15, 0.2) is 0 Å². The zero-order valence-electron chi connectivity index (χ0n) is 11.4. The predicted molar refractivity (Wildman–Crippen MR) is 78.1 cm³/mol. The van der Waals surface area contributed by atoms with Crippen molar-refractivity contribution in [2.24, 2.45) is 0 Å². The van der Waals surface area contributed by atoms with Crippen molar-refractivity contribution in [2.75, 3.05) is 0 Å². The van der Waals surface area contributed by atoms with E-state index in [1.165, 1.54) is 0 Å². The van der Waals surface area contributed by atoms with Crippen molar-refractivity contribution in [3.63, 3.8) is 0 Å². The highest BCUT2D eigenvalue weighted by atomic mass is 16.3. The molecule has 2 N–H and O–H groups in total. The van der Waals surface area contributed by atoms with E-state index in [0.29, 0.717) is 17.7 Å². The number of fused-ring (bicyclic) bond motifs is 1. The molecule has 0 unspecified atom stereocenters. The summed E-state index contributed by atoms with van der Waals surface area (Å²) in [5.41, 5.74) is 3.18. The predicted octanol–water partition coefficient (Wildman–Crippen LogP) is 3.36. The van der Waals surface area contributed by atoms with Gasteiger partial charge in [-0.1, -0.05) is 6.92 Å². The van der Waals surface area contributed by atoms with Gasteiger partial charge in [-0.2, -0.15) is 0 Å². The molecule has 2 heterocycles. The monoisotopic (exact) mass is 269 g/mol. The molecule has 0 bridgehead atoms. The lowest BCUT2D eigenvalue weighted by Crippen LogP contribution is -2.13. The first-order valence-electron chi connectivity index (χ1n) is 6.54. The van der Waals surface area contributed by atoms with Gasteiger partial charge in [-0.15, -0.1) is 0 Å². The average molecular weight is 269 g/mol. The molecule has 1 aromatic carbocycles. The van der Waals surface area contributed by atoms with Crippen molar-refractivity contribution in [1.29, 1.82) is 0 Å². The number of hydrogen-bond donors (Lipinski definition) is 2. The van der Waals surface area contributed by atoms with Crippen LogP contribution in [0.3, 0.4) is 0 Å². The van der Waals surface area contributed by atoms with E-state index in [0.717, 1.165) is 22.1 Å². The van der Waals surface area contributed by atoms with E-state index >= 15 is 0 Å². The van der Waals surface area contributed by atoms with E-state index in [1.54, 1.807) is 13.2 Å². The Bertz CT molecular complexity index is 843. The molecule has 0 amide bonds. The molecule has 0 saturated heterocycles. The van der Waals surface area contributed by atoms with Crippen molar-refractivity contribution in [3.8, 4) is 17.0 Å². The number of benzene rings is 1. The van der Waals surface area contributed by atoms with Gasteiger partial charge in [0, 0.05) is 10.9 Å². The summed E-state index contributed by atoms with van der Waals surface area (Å²) in [6.45, 7) is 3.57. The van der Waals surface area contributed by atoms with Gasteiger partial charge in [0.2, 0.25) is 0 Å². The second kappa shape index (κ2) is 4.56. The van der Waals surface area contributed by atoms with Gasteiger partial charge < -0.3 is 14.5 Å². The Kier molecular flexibility index (Phi) is 2.86. The summed E-state index contributed by atoms with van der Waals surface area (Å²) in [4.78, 5) is 14.7. The van der Waals surface area contributed by atoms with Crippen LogP contribution in [0.25, 0.3) is 22.2 Å².